The molecular formula is C13H7I3O3. The summed E-state index contributed by atoms with van der Waals surface area (Å²) in [5, 5.41) is 9.90. The molecule has 0 aliphatic rings. The van der Waals surface area contributed by atoms with Gasteiger partial charge in [0.1, 0.15) is 11.5 Å². The van der Waals surface area contributed by atoms with Gasteiger partial charge in [-0.3, -0.25) is 0 Å². The zero-order valence-electron chi connectivity index (χ0n) is 9.36. The predicted octanol–water partition coefficient (Wildman–Crippen LogP) is 4.43. The van der Waals surface area contributed by atoms with Crippen LogP contribution in [0.15, 0.2) is 36.4 Å². The number of hydrogen-bond donors (Lipinski definition) is 1. The van der Waals surface area contributed by atoms with Crippen LogP contribution in [0.3, 0.4) is 0 Å². The Morgan fingerprint density at radius 1 is 1.05 bits per heavy atom. The van der Waals surface area contributed by atoms with E-state index in [0.29, 0.717) is 18.5 Å². The third kappa shape index (κ3) is 3.51. The van der Waals surface area contributed by atoms with Crippen LogP contribution in [0.5, 0.6) is 11.5 Å². The third-order valence-corrected chi connectivity index (χ3v) is 5.03. The molecule has 0 atom stereocenters. The molecule has 0 amide bonds. The number of halogens is 3. The number of esters is 1. The molecule has 2 rings (SSSR count). The standard InChI is InChI=1S/C13H7I3O3/c14-8-6-9(15)12(17)11(16)10(8)13(18)19-7-4-2-1-3-5-7/h1-6,17H. The highest BCUT2D eigenvalue weighted by atomic mass is 127. The molecule has 3 nitrogen and oxygen atoms in total. The Labute approximate surface area is 151 Å². The maximum Gasteiger partial charge on any atom is 0.345 e. The average Bonchev–Trinajstić information content (AvgIpc) is 2.37. The molecule has 2 aromatic carbocycles. The lowest BCUT2D eigenvalue weighted by Gasteiger charge is -2.10. The molecular weight excluding hydrogens is 585 g/mol. The number of phenolic OH excluding ortho intramolecular Hbond substituents is 1. The molecule has 0 bridgehead atoms. The van der Waals surface area contributed by atoms with Crippen molar-refractivity contribution in [2.75, 3.05) is 0 Å². The number of hydrogen-bond acceptors (Lipinski definition) is 3. The van der Waals surface area contributed by atoms with E-state index in [1.807, 2.05) is 51.2 Å². The number of phenols is 1. The molecule has 0 aliphatic heterocycles. The number of carbonyl (C=O) groups is 1. The van der Waals surface area contributed by atoms with Gasteiger partial charge in [0.25, 0.3) is 0 Å². The van der Waals surface area contributed by atoms with Gasteiger partial charge in [-0.15, -0.1) is 0 Å². The zero-order chi connectivity index (χ0) is 14.0. The fraction of sp³-hybridized carbons (Fsp3) is 0. The van der Waals surface area contributed by atoms with Gasteiger partial charge in [-0.25, -0.2) is 4.79 Å². The van der Waals surface area contributed by atoms with Crippen molar-refractivity contribution in [3.05, 3.63) is 52.7 Å². The van der Waals surface area contributed by atoms with Gasteiger partial charge in [-0.2, -0.15) is 0 Å². The summed E-state index contributed by atoms with van der Waals surface area (Å²) in [5.41, 5.74) is 0.392. The van der Waals surface area contributed by atoms with E-state index in [0.717, 1.165) is 3.57 Å². The number of aromatic hydroxyl groups is 1. The van der Waals surface area contributed by atoms with Crippen LogP contribution in [-0.4, -0.2) is 11.1 Å². The zero-order valence-corrected chi connectivity index (χ0v) is 15.8. The van der Waals surface area contributed by atoms with Gasteiger partial charge in [-0.1, -0.05) is 18.2 Å². The van der Waals surface area contributed by atoms with Gasteiger partial charge < -0.3 is 9.84 Å². The summed E-state index contributed by atoms with van der Waals surface area (Å²) in [6.07, 6.45) is 0. The summed E-state index contributed by atoms with van der Waals surface area (Å²) in [6.45, 7) is 0. The van der Waals surface area contributed by atoms with Crippen LogP contribution in [0, 0.1) is 10.7 Å². The van der Waals surface area contributed by atoms with Gasteiger partial charge in [0.05, 0.1) is 12.7 Å². The van der Waals surface area contributed by atoms with Gasteiger partial charge in [0, 0.05) is 3.57 Å². The van der Waals surface area contributed by atoms with Crippen molar-refractivity contribution in [3.8, 4) is 11.5 Å². The van der Waals surface area contributed by atoms with Crippen LogP contribution >= 0.6 is 67.8 Å². The quantitative estimate of drug-likeness (QED) is 0.320. The van der Waals surface area contributed by atoms with Crippen LogP contribution in [0.25, 0.3) is 0 Å². The molecule has 0 saturated carbocycles. The average molecular weight is 592 g/mol. The molecule has 98 valence electrons. The first-order valence-electron chi connectivity index (χ1n) is 5.14. The van der Waals surface area contributed by atoms with Crippen molar-refractivity contribution in [1.29, 1.82) is 0 Å². The minimum Gasteiger partial charge on any atom is -0.506 e. The maximum atomic E-state index is 12.2. The fourth-order valence-electron chi connectivity index (χ4n) is 1.41. The van der Waals surface area contributed by atoms with E-state index in [1.165, 1.54) is 0 Å². The van der Waals surface area contributed by atoms with Crippen molar-refractivity contribution in [1.82, 2.24) is 0 Å². The molecule has 2 aromatic rings. The second kappa shape index (κ2) is 6.57. The SMILES string of the molecule is O=C(Oc1ccccc1)c1c(I)cc(I)c(O)c1I. The van der Waals surface area contributed by atoms with Crippen molar-refractivity contribution in [2.45, 2.75) is 0 Å². The summed E-state index contributed by atoms with van der Waals surface area (Å²) in [7, 11) is 0. The Morgan fingerprint density at radius 3 is 2.32 bits per heavy atom. The number of benzene rings is 2. The number of para-hydroxylation sites is 1. The molecule has 0 saturated heterocycles. The van der Waals surface area contributed by atoms with E-state index in [1.54, 1.807) is 30.3 Å². The number of carbonyl (C=O) groups excluding carboxylic acids is 1. The molecule has 19 heavy (non-hydrogen) atoms. The molecule has 0 aromatic heterocycles. The predicted molar refractivity (Wildman–Crippen MR) is 97.7 cm³/mol. The summed E-state index contributed by atoms with van der Waals surface area (Å²) in [4.78, 5) is 12.2. The molecule has 0 heterocycles. The summed E-state index contributed by atoms with van der Waals surface area (Å²) in [5.74, 6) is 0.130. The first-order valence-corrected chi connectivity index (χ1v) is 8.38. The smallest absolute Gasteiger partial charge is 0.345 e. The van der Waals surface area contributed by atoms with Gasteiger partial charge in [-0.05, 0) is 86.0 Å². The monoisotopic (exact) mass is 592 g/mol. The highest BCUT2D eigenvalue weighted by Crippen LogP contribution is 2.33. The van der Waals surface area contributed by atoms with E-state index < -0.39 is 5.97 Å². The fourth-order valence-corrected chi connectivity index (χ4v) is 5.23. The van der Waals surface area contributed by atoms with Crippen LogP contribution in [-0.2, 0) is 0 Å². The minimum absolute atomic E-state index is 0.113. The van der Waals surface area contributed by atoms with Crippen molar-refractivity contribution < 1.29 is 14.6 Å². The molecule has 6 heteroatoms. The van der Waals surface area contributed by atoms with Crippen molar-refractivity contribution in [2.24, 2.45) is 0 Å². The van der Waals surface area contributed by atoms with Crippen LogP contribution in [0.2, 0.25) is 0 Å². The molecule has 0 radical (unpaired) electrons. The highest BCUT2D eigenvalue weighted by molar-refractivity contribution is 14.1. The second-order valence-corrected chi connectivity index (χ2v) is 6.98. The van der Waals surface area contributed by atoms with E-state index in [4.69, 9.17) is 4.74 Å². The van der Waals surface area contributed by atoms with Gasteiger partial charge in [0.2, 0.25) is 0 Å². The van der Waals surface area contributed by atoms with Crippen LogP contribution in [0.4, 0.5) is 0 Å². The van der Waals surface area contributed by atoms with E-state index in [2.05, 4.69) is 22.6 Å². The molecule has 0 fully saturated rings. The number of rotatable bonds is 2. The topological polar surface area (TPSA) is 46.5 Å². The third-order valence-electron chi connectivity index (χ3n) is 2.30. The Bertz CT molecular complexity index is 627. The first kappa shape index (κ1) is 15.3. The Balaban J connectivity index is 2.37. The largest absolute Gasteiger partial charge is 0.506 e. The molecule has 0 aliphatic carbocycles. The highest BCUT2D eigenvalue weighted by Gasteiger charge is 2.21. The Morgan fingerprint density at radius 2 is 1.68 bits per heavy atom. The van der Waals surface area contributed by atoms with Gasteiger partial charge >= 0.3 is 5.97 Å². The lowest BCUT2D eigenvalue weighted by atomic mass is 10.2. The van der Waals surface area contributed by atoms with Crippen LogP contribution in [0.1, 0.15) is 10.4 Å². The van der Waals surface area contributed by atoms with E-state index >= 15 is 0 Å². The summed E-state index contributed by atoms with van der Waals surface area (Å²) in [6, 6.07) is 10.6. The maximum absolute atomic E-state index is 12.2. The molecule has 0 spiro atoms. The summed E-state index contributed by atoms with van der Waals surface area (Å²) >= 11 is 6.05. The molecule has 0 unspecified atom stereocenters. The lowest BCUT2D eigenvalue weighted by Crippen LogP contribution is -2.13. The van der Waals surface area contributed by atoms with Crippen LogP contribution < -0.4 is 4.74 Å². The summed E-state index contributed by atoms with van der Waals surface area (Å²) < 4.78 is 7.27. The Hall–Kier alpha value is -0.100. The normalized spacial score (nSPS) is 10.3. The van der Waals surface area contributed by atoms with E-state index in [9.17, 15) is 9.90 Å². The number of ether oxygens (including phenoxy) is 1. The minimum atomic E-state index is -0.466. The Kier molecular flexibility index (Phi) is 5.29. The molecule has 1 N–H and O–H groups in total. The van der Waals surface area contributed by atoms with Crippen molar-refractivity contribution in [3.63, 3.8) is 0 Å². The first-order chi connectivity index (χ1) is 9.00. The van der Waals surface area contributed by atoms with Crippen molar-refractivity contribution >= 4 is 73.7 Å². The van der Waals surface area contributed by atoms with Gasteiger partial charge in [0.15, 0.2) is 0 Å². The van der Waals surface area contributed by atoms with E-state index in [-0.39, 0.29) is 5.75 Å². The lowest BCUT2D eigenvalue weighted by molar-refractivity contribution is 0.0732. The second-order valence-electron chi connectivity index (χ2n) is 3.58.